The number of halogens is 2. The van der Waals surface area contributed by atoms with Crippen LogP contribution in [0, 0.1) is 0 Å². The number of fused-ring (bicyclic) bond motifs is 5. The van der Waals surface area contributed by atoms with E-state index in [1.807, 2.05) is 24.3 Å². The van der Waals surface area contributed by atoms with E-state index in [9.17, 15) is 9.59 Å². The maximum Gasteiger partial charge on any atom is 0.275 e. The van der Waals surface area contributed by atoms with Crippen LogP contribution in [0.5, 0.6) is 0 Å². The zero-order valence-electron chi connectivity index (χ0n) is 16.2. The monoisotopic (exact) mass is 440 g/mol. The highest BCUT2D eigenvalue weighted by molar-refractivity contribution is 6.43. The van der Waals surface area contributed by atoms with E-state index >= 15 is 0 Å². The quantitative estimate of drug-likeness (QED) is 0.612. The number of nitrogens with zero attached hydrogens (tertiary/aromatic N) is 3. The number of hydrogen-bond donors (Lipinski definition) is 1. The van der Waals surface area contributed by atoms with Crippen molar-refractivity contribution in [2.75, 3.05) is 13.1 Å². The van der Waals surface area contributed by atoms with Crippen molar-refractivity contribution in [1.29, 1.82) is 0 Å². The minimum Gasteiger partial charge on any atom is -0.356 e. The minimum atomic E-state index is -1.14. The Morgan fingerprint density at radius 2 is 1.93 bits per heavy atom. The maximum atomic E-state index is 13.6. The summed E-state index contributed by atoms with van der Waals surface area (Å²) in [6.45, 7) is 2.17. The normalized spacial score (nSPS) is 21.4. The number of para-hydroxylation sites is 1. The van der Waals surface area contributed by atoms with E-state index in [2.05, 4.69) is 10.1 Å². The molecule has 0 aliphatic carbocycles. The van der Waals surface area contributed by atoms with Crippen molar-refractivity contribution in [2.24, 2.45) is 5.10 Å². The van der Waals surface area contributed by atoms with Crippen LogP contribution in [-0.2, 0) is 21.5 Å². The Bertz CT molecular complexity index is 1240. The molecule has 30 heavy (non-hydrogen) atoms. The van der Waals surface area contributed by atoms with Gasteiger partial charge in [-0.3, -0.25) is 9.59 Å². The molecule has 1 N–H and O–H groups in total. The van der Waals surface area contributed by atoms with Crippen LogP contribution in [-0.4, -0.2) is 46.0 Å². The van der Waals surface area contributed by atoms with Gasteiger partial charge in [0.25, 0.3) is 5.91 Å². The molecular formula is C22H18Cl2N4O2. The first-order valence-corrected chi connectivity index (χ1v) is 10.4. The van der Waals surface area contributed by atoms with Gasteiger partial charge in [-0.1, -0.05) is 53.5 Å². The fraction of sp³-hybridized carbons (Fsp3) is 0.227. The van der Waals surface area contributed by atoms with E-state index in [0.29, 0.717) is 28.6 Å². The number of aromatic amines is 1. The highest BCUT2D eigenvalue weighted by atomic mass is 35.5. The summed E-state index contributed by atoms with van der Waals surface area (Å²) in [5.74, 6) is -0.403. The zero-order chi connectivity index (χ0) is 21.0. The summed E-state index contributed by atoms with van der Waals surface area (Å²) in [5.41, 5.74) is 2.23. The molecule has 0 bridgehead atoms. The molecule has 0 radical (unpaired) electrons. The van der Waals surface area contributed by atoms with Crippen LogP contribution < -0.4 is 0 Å². The first-order valence-electron chi connectivity index (χ1n) is 9.61. The number of H-pyrrole nitrogens is 1. The lowest BCUT2D eigenvalue weighted by molar-refractivity contribution is -0.165. The molecule has 3 heterocycles. The van der Waals surface area contributed by atoms with Crippen molar-refractivity contribution >= 4 is 52.1 Å². The van der Waals surface area contributed by atoms with Gasteiger partial charge in [0.2, 0.25) is 5.91 Å². The number of nitrogens with one attached hydrogen (secondary N) is 1. The molecular weight excluding hydrogens is 423 g/mol. The van der Waals surface area contributed by atoms with E-state index in [1.165, 1.54) is 11.2 Å². The van der Waals surface area contributed by atoms with Crippen LogP contribution in [0.1, 0.15) is 23.7 Å². The third kappa shape index (κ3) is 2.67. The highest BCUT2D eigenvalue weighted by Crippen LogP contribution is 2.42. The summed E-state index contributed by atoms with van der Waals surface area (Å²) in [6.07, 6.45) is 2.17. The molecule has 1 atom stereocenters. The second-order valence-electron chi connectivity index (χ2n) is 7.64. The van der Waals surface area contributed by atoms with Gasteiger partial charge in [0.1, 0.15) is 6.54 Å². The second kappa shape index (κ2) is 6.86. The van der Waals surface area contributed by atoms with Crippen molar-refractivity contribution < 1.29 is 9.59 Å². The number of piperazine rings is 1. The Labute approximate surface area is 183 Å². The fourth-order valence-corrected chi connectivity index (χ4v) is 4.79. The molecule has 3 aromatic rings. The molecule has 5 rings (SSSR count). The lowest BCUT2D eigenvalue weighted by Gasteiger charge is -2.48. The summed E-state index contributed by atoms with van der Waals surface area (Å²) in [6, 6.07) is 13.1. The van der Waals surface area contributed by atoms with Crippen molar-refractivity contribution in [3.05, 3.63) is 69.3 Å². The van der Waals surface area contributed by atoms with E-state index in [-0.39, 0.29) is 18.4 Å². The third-order valence-corrected chi connectivity index (χ3v) is 6.81. The van der Waals surface area contributed by atoms with Crippen molar-refractivity contribution in [2.45, 2.75) is 18.9 Å². The van der Waals surface area contributed by atoms with Gasteiger partial charge in [-0.05, 0) is 31.0 Å². The van der Waals surface area contributed by atoms with Crippen LogP contribution in [0.3, 0.4) is 0 Å². The molecule has 2 aliphatic heterocycles. The van der Waals surface area contributed by atoms with Gasteiger partial charge < -0.3 is 9.88 Å². The van der Waals surface area contributed by atoms with Gasteiger partial charge in [-0.15, -0.1) is 0 Å². The number of carbonyl (C=O) groups excluding carboxylic acids is 2. The van der Waals surface area contributed by atoms with Gasteiger partial charge in [0.15, 0.2) is 5.54 Å². The molecule has 6 nitrogen and oxygen atoms in total. The first kappa shape index (κ1) is 19.2. The van der Waals surface area contributed by atoms with Gasteiger partial charge >= 0.3 is 0 Å². The van der Waals surface area contributed by atoms with Crippen molar-refractivity contribution in [1.82, 2.24) is 14.9 Å². The number of hydrogen-bond acceptors (Lipinski definition) is 3. The highest BCUT2D eigenvalue weighted by Gasteiger charge is 2.54. The lowest BCUT2D eigenvalue weighted by Crippen LogP contribution is -2.65. The molecule has 1 fully saturated rings. The summed E-state index contributed by atoms with van der Waals surface area (Å²) in [7, 11) is 0. The molecule has 0 spiro atoms. The first-order chi connectivity index (χ1) is 14.4. The smallest absolute Gasteiger partial charge is 0.275 e. The number of hydrazone groups is 1. The average molecular weight is 441 g/mol. The molecule has 1 aromatic heterocycles. The summed E-state index contributed by atoms with van der Waals surface area (Å²) < 4.78 is 0. The molecule has 0 unspecified atom stereocenters. The SMILES string of the molecule is C[C@@]12C(=O)N(/N=C/c3cccc(Cl)c3Cl)CC(=O)N1CCc1c2[nH]c2ccccc12. The molecule has 152 valence electrons. The van der Waals surface area contributed by atoms with Crippen LogP contribution in [0.2, 0.25) is 10.0 Å². The molecule has 0 saturated carbocycles. The Balaban J connectivity index is 1.57. The van der Waals surface area contributed by atoms with Crippen molar-refractivity contribution in [3.63, 3.8) is 0 Å². The van der Waals surface area contributed by atoms with Gasteiger partial charge in [0.05, 0.1) is 22.0 Å². The lowest BCUT2D eigenvalue weighted by atomic mass is 9.83. The number of amides is 2. The van der Waals surface area contributed by atoms with Gasteiger partial charge in [0, 0.05) is 23.0 Å². The zero-order valence-corrected chi connectivity index (χ0v) is 17.7. The Morgan fingerprint density at radius 1 is 1.13 bits per heavy atom. The molecule has 2 aromatic carbocycles. The van der Waals surface area contributed by atoms with Crippen LogP contribution in [0.25, 0.3) is 10.9 Å². The Hall–Kier alpha value is -2.83. The number of benzene rings is 2. The maximum absolute atomic E-state index is 13.6. The predicted molar refractivity (Wildman–Crippen MR) is 117 cm³/mol. The van der Waals surface area contributed by atoms with E-state index < -0.39 is 5.54 Å². The largest absolute Gasteiger partial charge is 0.356 e. The average Bonchev–Trinajstić information content (AvgIpc) is 3.12. The molecule has 1 saturated heterocycles. The number of rotatable bonds is 2. The fourth-order valence-electron chi connectivity index (χ4n) is 4.44. The standard InChI is InChI=1S/C22H18Cl2N4O2/c1-22-20-15(14-6-2-3-8-17(14)26-20)9-10-27(22)18(29)12-28(21(22)30)25-11-13-5-4-7-16(23)19(13)24/h2-8,11,26H,9-10,12H2,1H3/b25-11+/t22-/m1/s1. The van der Waals surface area contributed by atoms with Gasteiger partial charge in [-0.25, -0.2) is 5.01 Å². The molecule has 2 amide bonds. The molecule has 8 heteroatoms. The summed E-state index contributed by atoms with van der Waals surface area (Å²) in [4.78, 5) is 31.6. The number of aromatic nitrogens is 1. The predicted octanol–water partition coefficient (Wildman–Crippen LogP) is 3.95. The van der Waals surface area contributed by atoms with Gasteiger partial charge in [-0.2, -0.15) is 5.10 Å². The van der Waals surface area contributed by atoms with E-state index in [1.54, 1.807) is 30.0 Å². The van der Waals surface area contributed by atoms with Crippen LogP contribution >= 0.6 is 23.2 Å². The molecule has 2 aliphatic rings. The van der Waals surface area contributed by atoms with Crippen LogP contribution in [0.15, 0.2) is 47.6 Å². The topological polar surface area (TPSA) is 68.8 Å². The number of carbonyl (C=O) groups is 2. The summed E-state index contributed by atoms with van der Waals surface area (Å²) >= 11 is 12.3. The third-order valence-electron chi connectivity index (χ3n) is 5.98. The second-order valence-corrected chi connectivity index (χ2v) is 8.43. The summed E-state index contributed by atoms with van der Waals surface area (Å²) in [5, 5.41) is 7.35. The minimum absolute atomic E-state index is 0.112. The van der Waals surface area contributed by atoms with E-state index in [0.717, 1.165) is 22.2 Å². The Kier molecular flexibility index (Phi) is 4.38. The van der Waals surface area contributed by atoms with Crippen molar-refractivity contribution in [3.8, 4) is 0 Å². The Morgan fingerprint density at radius 3 is 2.77 bits per heavy atom. The van der Waals surface area contributed by atoms with E-state index in [4.69, 9.17) is 23.2 Å². The van der Waals surface area contributed by atoms with Crippen LogP contribution in [0.4, 0.5) is 0 Å².